The molecule has 1 aromatic heterocycles. The highest BCUT2D eigenvalue weighted by atomic mass is 32.2. The highest BCUT2D eigenvalue weighted by Crippen LogP contribution is 2.37. The Morgan fingerprint density at radius 1 is 1.33 bits per heavy atom. The number of nitrogens with zero attached hydrogens (tertiary/aromatic N) is 1. The summed E-state index contributed by atoms with van der Waals surface area (Å²) >= 11 is 0. The van der Waals surface area contributed by atoms with Gasteiger partial charge in [-0.3, -0.25) is 14.6 Å². The molecular formula is C19H20FN3O3S. The molecule has 0 saturated heterocycles. The molecule has 2 N–H and O–H groups in total. The van der Waals surface area contributed by atoms with Crippen molar-refractivity contribution >= 4 is 21.4 Å². The lowest BCUT2D eigenvalue weighted by atomic mass is 9.93. The molecule has 1 aliphatic rings. The molecule has 1 atom stereocenters. The summed E-state index contributed by atoms with van der Waals surface area (Å²) < 4.78 is 41.4. The summed E-state index contributed by atoms with van der Waals surface area (Å²) in [5.74, 6) is -0.365. The van der Waals surface area contributed by atoms with Gasteiger partial charge in [0, 0.05) is 30.6 Å². The molecule has 0 amide bonds. The van der Waals surface area contributed by atoms with Gasteiger partial charge in [-0.2, -0.15) is 8.42 Å². The van der Waals surface area contributed by atoms with Crippen LogP contribution in [0.4, 0.5) is 4.39 Å². The second-order valence-electron chi connectivity index (χ2n) is 6.28. The Bertz CT molecular complexity index is 1000. The molecule has 0 bridgehead atoms. The largest absolute Gasteiger partial charge is 0.393 e. The Balaban J connectivity index is 2.02. The van der Waals surface area contributed by atoms with Crippen LogP contribution in [-0.4, -0.2) is 32.4 Å². The Morgan fingerprint density at radius 3 is 2.67 bits per heavy atom. The Labute approximate surface area is 157 Å². The van der Waals surface area contributed by atoms with Crippen LogP contribution >= 0.6 is 0 Å². The summed E-state index contributed by atoms with van der Waals surface area (Å²) in [6, 6.07) is 7.53. The summed E-state index contributed by atoms with van der Waals surface area (Å²) in [4.78, 5) is 4.31. The van der Waals surface area contributed by atoms with Gasteiger partial charge in [0.1, 0.15) is 11.9 Å². The molecule has 8 heteroatoms. The van der Waals surface area contributed by atoms with Crippen LogP contribution < -0.4 is 5.32 Å². The van der Waals surface area contributed by atoms with E-state index in [1.165, 1.54) is 12.1 Å². The number of benzene rings is 1. The van der Waals surface area contributed by atoms with Crippen molar-refractivity contribution in [1.82, 2.24) is 10.3 Å². The molecular weight excluding hydrogens is 369 g/mol. The average Bonchev–Trinajstić information content (AvgIpc) is 3.01. The number of nitrogens with one attached hydrogen (secondary N) is 2. The van der Waals surface area contributed by atoms with Crippen molar-refractivity contribution in [1.29, 1.82) is 5.41 Å². The maximum absolute atomic E-state index is 13.2. The van der Waals surface area contributed by atoms with Crippen LogP contribution in [0.5, 0.6) is 0 Å². The monoisotopic (exact) mass is 389 g/mol. The third-order valence-corrected chi connectivity index (χ3v) is 4.90. The highest BCUT2D eigenvalue weighted by Gasteiger charge is 2.31. The number of fused-ring (bicyclic) bond motifs is 1. The van der Waals surface area contributed by atoms with Gasteiger partial charge in [0.2, 0.25) is 0 Å². The molecule has 0 spiro atoms. The molecule has 0 radical (unpaired) electrons. The van der Waals surface area contributed by atoms with Crippen LogP contribution in [0.25, 0.3) is 5.57 Å². The SMILES string of the molecule is CN/C=C(\C(=N)c1ccc(F)cc1)c1ccnc2c1CCC2OS(C)(=O)=O. The molecule has 6 nitrogen and oxygen atoms in total. The van der Waals surface area contributed by atoms with E-state index in [0.717, 1.165) is 17.4 Å². The molecule has 142 valence electrons. The summed E-state index contributed by atoms with van der Waals surface area (Å²) in [5, 5.41) is 11.5. The Hall–Kier alpha value is -2.58. The zero-order valence-corrected chi connectivity index (χ0v) is 15.8. The van der Waals surface area contributed by atoms with Gasteiger partial charge >= 0.3 is 0 Å². The number of halogens is 1. The molecule has 1 heterocycles. The van der Waals surface area contributed by atoms with E-state index >= 15 is 0 Å². The number of pyridine rings is 1. The van der Waals surface area contributed by atoms with E-state index in [2.05, 4.69) is 10.3 Å². The standard InChI is InChI=1S/C19H20FN3O3S/c1-22-11-16(18(21)12-3-5-13(20)6-4-12)14-9-10-23-19-15(14)7-8-17(19)26-27(2,24)25/h3-6,9-11,17,21-22H,7-8H2,1-2H3/b16-11-,21-18?. The minimum Gasteiger partial charge on any atom is -0.393 e. The van der Waals surface area contributed by atoms with Crippen LogP contribution in [-0.2, 0) is 20.7 Å². The van der Waals surface area contributed by atoms with Gasteiger partial charge in [-0.1, -0.05) is 0 Å². The van der Waals surface area contributed by atoms with Crippen molar-refractivity contribution in [2.24, 2.45) is 0 Å². The van der Waals surface area contributed by atoms with E-state index in [0.29, 0.717) is 29.7 Å². The van der Waals surface area contributed by atoms with Crippen LogP contribution in [0.1, 0.15) is 34.9 Å². The predicted octanol–water partition coefficient (Wildman–Crippen LogP) is 2.81. The van der Waals surface area contributed by atoms with E-state index < -0.39 is 16.2 Å². The predicted molar refractivity (Wildman–Crippen MR) is 101 cm³/mol. The Morgan fingerprint density at radius 2 is 2.04 bits per heavy atom. The van der Waals surface area contributed by atoms with Crippen molar-refractivity contribution in [3.63, 3.8) is 0 Å². The molecule has 0 aliphatic heterocycles. The lowest BCUT2D eigenvalue weighted by molar-refractivity contribution is 0.213. The third-order valence-electron chi connectivity index (χ3n) is 4.32. The summed E-state index contributed by atoms with van der Waals surface area (Å²) in [6.07, 6.45) is 4.78. The quantitative estimate of drug-likeness (QED) is 0.585. The Kier molecular flexibility index (Phi) is 5.38. The van der Waals surface area contributed by atoms with Gasteiger partial charge in [-0.25, -0.2) is 4.39 Å². The van der Waals surface area contributed by atoms with Crippen molar-refractivity contribution in [3.8, 4) is 0 Å². The number of aromatic nitrogens is 1. The molecule has 27 heavy (non-hydrogen) atoms. The molecule has 2 aromatic rings. The van der Waals surface area contributed by atoms with E-state index in [1.54, 1.807) is 37.6 Å². The first kappa shape index (κ1) is 19.2. The fourth-order valence-corrected chi connectivity index (χ4v) is 3.83. The topological polar surface area (TPSA) is 92.1 Å². The fourth-order valence-electron chi connectivity index (χ4n) is 3.22. The molecule has 0 saturated carbocycles. The van der Waals surface area contributed by atoms with Gasteiger partial charge in [0.25, 0.3) is 10.1 Å². The summed E-state index contributed by atoms with van der Waals surface area (Å²) in [6.45, 7) is 0. The summed E-state index contributed by atoms with van der Waals surface area (Å²) in [7, 11) is -1.87. The molecule has 1 unspecified atom stereocenters. The van der Waals surface area contributed by atoms with E-state index in [1.807, 2.05) is 0 Å². The lowest BCUT2D eigenvalue weighted by Crippen LogP contribution is -2.11. The average molecular weight is 389 g/mol. The zero-order chi connectivity index (χ0) is 19.6. The molecule has 1 aromatic carbocycles. The van der Waals surface area contributed by atoms with Gasteiger partial charge in [-0.15, -0.1) is 0 Å². The number of hydrogen-bond acceptors (Lipinski definition) is 6. The first-order chi connectivity index (χ1) is 12.8. The van der Waals surface area contributed by atoms with Crippen molar-refractivity contribution in [2.75, 3.05) is 13.3 Å². The van der Waals surface area contributed by atoms with Crippen molar-refractivity contribution in [3.05, 3.63) is 70.9 Å². The maximum Gasteiger partial charge on any atom is 0.265 e. The minimum atomic E-state index is -3.60. The van der Waals surface area contributed by atoms with Crippen molar-refractivity contribution in [2.45, 2.75) is 18.9 Å². The maximum atomic E-state index is 13.2. The van der Waals surface area contributed by atoms with Gasteiger partial charge in [-0.05, 0) is 54.3 Å². The van der Waals surface area contributed by atoms with Gasteiger partial charge in [0.15, 0.2) is 0 Å². The molecule has 0 fully saturated rings. The zero-order valence-electron chi connectivity index (χ0n) is 15.0. The van der Waals surface area contributed by atoms with Gasteiger partial charge in [0.05, 0.1) is 17.7 Å². The normalized spacial score (nSPS) is 16.9. The fraction of sp³-hybridized carbons (Fsp3) is 0.263. The molecule has 3 rings (SSSR count). The first-order valence-electron chi connectivity index (χ1n) is 8.39. The number of rotatable bonds is 6. The van der Waals surface area contributed by atoms with Crippen LogP contribution in [0, 0.1) is 11.2 Å². The third kappa shape index (κ3) is 4.23. The van der Waals surface area contributed by atoms with Crippen molar-refractivity contribution < 1.29 is 17.0 Å². The van der Waals surface area contributed by atoms with Crippen LogP contribution in [0.2, 0.25) is 0 Å². The van der Waals surface area contributed by atoms with Crippen LogP contribution in [0.15, 0.2) is 42.7 Å². The second-order valence-corrected chi connectivity index (χ2v) is 7.88. The summed E-state index contributed by atoms with van der Waals surface area (Å²) in [5.41, 5.74) is 3.63. The first-order valence-corrected chi connectivity index (χ1v) is 10.2. The smallest absolute Gasteiger partial charge is 0.265 e. The second kappa shape index (κ2) is 7.58. The van der Waals surface area contributed by atoms with E-state index in [9.17, 15) is 12.8 Å². The lowest BCUT2D eigenvalue weighted by Gasteiger charge is -2.15. The van der Waals surface area contributed by atoms with Gasteiger partial charge < -0.3 is 5.32 Å². The molecule has 1 aliphatic carbocycles. The number of allylic oxidation sites excluding steroid dienone is 1. The van der Waals surface area contributed by atoms with Crippen LogP contribution in [0.3, 0.4) is 0 Å². The minimum absolute atomic E-state index is 0.227. The van der Waals surface area contributed by atoms with E-state index in [-0.39, 0.29) is 11.5 Å². The number of hydrogen-bond donors (Lipinski definition) is 2. The van der Waals surface area contributed by atoms with E-state index in [4.69, 9.17) is 9.59 Å². The highest BCUT2D eigenvalue weighted by molar-refractivity contribution is 7.86.